The zero-order valence-corrected chi connectivity index (χ0v) is 69.6. The number of nitrogens with two attached hydrogens (primary N) is 4. The van der Waals surface area contributed by atoms with Crippen LogP contribution in [0.4, 0.5) is 62.6 Å². The fourth-order valence-electron chi connectivity index (χ4n) is 14.3. The Bertz CT molecular complexity index is 6590. The summed E-state index contributed by atoms with van der Waals surface area (Å²) >= 11 is 37.8. The summed E-state index contributed by atoms with van der Waals surface area (Å²) in [6.45, 7) is 2.00. The van der Waals surface area contributed by atoms with Crippen LogP contribution in [0.1, 0.15) is 116 Å². The third-order valence-corrected chi connectivity index (χ3v) is 23.6. The Labute approximate surface area is 747 Å². The zero-order valence-electron chi connectivity index (χ0n) is 65.1. The number of carbonyl (C=O) groups excluding carboxylic acids is 10. The van der Waals surface area contributed by atoms with Crippen molar-refractivity contribution in [2.75, 3.05) is 55.7 Å². The van der Waals surface area contributed by atoms with E-state index in [1.165, 1.54) is 128 Å². The summed E-state index contributed by atoms with van der Waals surface area (Å²) in [5.41, 5.74) is 32.7. The van der Waals surface area contributed by atoms with Crippen molar-refractivity contribution in [3.63, 3.8) is 0 Å². The Kier molecular flexibility index (Phi) is 24.2. The van der Waals surface area contributed by atoms with Gasteiger partial charge in [0.2, 0.25) is 0 Å². The number of rotatable bonds is 12. The number of nitro groups is 3. The molecule has 0 unspecified atom stereocenters. The van der Waals surface area contributed by atoms with Gasteiger partial charge in [-0.1, -0.05) is 124 Å². The number of anilines is 8. The van der Waals surface area contributed by atoms with Crippen LogP contribution in [0, 0.1) is 30.3 Å². The average molecular weight is 1820 g/mol. The van der Waals surface area contributed by atoms with Gasteiger partial charge in [0.25, 0.3) is 64.3 Å². The van der Waals surface area contributed by atoms with Crippen LogP contribution in [-0.2, 0) is 9.47 Å². The summed E-state index contributed by atoms with van der Waals surface area (Å²) < 4.78 is 9.45. The summed E-state index contributed by atoms with van der Waals surface area (Å²) in [5, 5.41) is 32.5. The number of hydrogen-bond acceptors (Lipinski definition) is 22. The van der Waals surface area contributed by atoms with Crippen LogP contribution in [0.25, 0.3) is 55.6 Å². The van der Waals surface area contributed by atoms with E-state index in [-0.39, 0.29) is 116 Å². The molecule has 6 heterocycles. The molecule has 29 nitrogen and oxygen atoms in total. The van der Waals surface area contributed by atoms with Gasteiger partial charge in [-0.25, -0.2) is 29.2 Å². The Morgan fingerprint density at radius 1 is 0.252 bits per heavy atom. The van der Waals surface area contributed by atoms with Gasteiger partial charge in [0.05, 0.1) is 135 Å². The number of fused-ring (bicyclic) bond motifs is 5. The molecular weight excluding hydrogens is 1760 g/mol. The Hall–Kier alpha value is -15.3. The molecule has 0 aliphatic carbocycles. The van der Waals surface area contributed by atoms with Crippen LogP contribution in [0.15, 0.2) is 249 Å². The number of nitrogens with zero attached hydrogens (tertiary/aromatic N) is 7. The summed E-state index contributed by atoms with van der Waals surface area (Å²) in [4.78, 5) is 165. The molecule has 8 amide bonds. The highest BCUT2D eigenvalue weighted by atomic mass is 35.5. The fraction of sp³-hybridized carbons (Fsp3) is 0.0435. The third-order valence-electron chi connectivity index (χ3n) is 20.9. The molecule has 630 valence electrons. The number of halogens is 6. The summed E-state index contributed by atoms with van der Waals surface area (Å²) in [7, 11) is 0. The number of non-ortho nitro benzene ring substituents is 3. The van der Waals surface area contributed by atoms with E-state index >= 15 is 0 Å². The molecule has 35 heteroatoms. The van der Waals surface area contributed by atoms with Crippen molar-refractivity contribution >= 4 is 191 Å². The maximum atomic E-state index is 13.6. The molecule has 0 aromatic heterocycles. The first-order chi connectivity index (χ1) is 60.8. The Morgan fingerprint density at radius 3 is 0.701 bits per heavy atom. The predicted molar refractivity (Wildman–Crippen MR) is 481 cm³/mol. The number of amides is 8. The number of esters is 2. The van der Waals surface area contributed by atoms with E-state index in [0.29, 0.717) is 66.2 Å². The maximum absolute atomic E-state index is 13.6. The van der Waals surface area contributed by atoms with Crippen molar-refractivity contribution in [3.8, 4) is 55.6 Å². The number of nitrogen functional groups attached to an aromatic ring is 4. The number of hydrogen-bond donors (Lipinski definition) is 4. The number of ether oxygens (including phenoxy) is 2. The zero-order chi connectivity index (χ0) is 90.4. The molecule has 8 N–H and O–H groups in total. The molecule has 13 aromatic rings. The highest BCUT2D eigenvalue weighted by Gasteiger charge is 2.45. The van der Waals surface area contributed by atoms with E-state index in [1.807, 2.05) is 24.3 Å². The lowest BCUT2D eigenvalue weighted by atomic mass is 10.00. The molecule has 13 aromatic carbocycles. The summed E-state index contributed by atoms with van der Waals surface area (Å²) in [5.74, 6) is -6.35. The van der Waals surface area contributed by atoms with Crippen molar-refractivity contribution in [3.05, 3.63) is 365 Å². The van der Waals surface area contributed by atoms with E-state index < -0.39 is 74.0 Å². The first kappa shape index (κ1) is 86.6. The minimum Gasteiger partial charge on any atom is -0.399 e. The highest BCUT2D eigenvalue weighted by Crippen LogP contribution is 2.48. The van der Waals surface area contributed by atoms with Crippen LogP contribution in [0.5, 0.6) is 0 Å². The topological polar surface area (TPSA) is 436 Å². The third kappa shape index (κ3) is 16.7. The molecule has 0 bridgehead atoms. The van der Waals surface area contributed by atoms with Gasteiger partial charge in [-0.2, -0.15) is 0 Å². The van der Waals surface area contributed by atoms with Gasteiger partial charge in [0.15, 0.2) is 0 Å². The Balaban J connectivity index is 0.000000143. The molecule has 0 saturated carbocycles. The van der Waals surface area contributed by atoms with E-state index in [1.54, 1.807) is 109 Å². The van der Waals surface area contributed by atoms with Crippen LogP contribution in [-0.4, -0.2) is 87.2 Å². The lowest BCUT2D eigenvalue weighted by molar-refractivity contribution is -0.385. The van der Waals surface area contributed by atoms with Gasteiger partial charge < -0.3 is 32.4 Å². The van der Waals surface area contributed by atoms with E-state index in [2.05, 4.69) is 4.74 Å². The molecule has 1 fully saturated rings. The number of carbonyl (C=O) groups is 10. The largest absolute Gasteiger partial charge is 0.399 e. The van der Waals surface area contributed by atoms with Crippen molar-refractivity contribution in [2.45, 2.75) is 12.8 Å². The minimum atomic E-state index is -0.691. The van der Waals surface area contributed by atoms with E-state index in [9.17, 15) is 78.3 Å². The first-order valence-corrected chi connectivity index (χ1v) is 40.1. The second-order valence-corrected chi connectivity index (χ2v) is 30.8. The summed E-state index contributed by atoms with van der Waals surface area (Å²) in [6, 6.07) is 64.2. The van der Waals surface area contributed by atoms with Crippen LogP contribution in [0.3, 0.4) is 0 Å². The van der Waals surface area contributed by atoms with Crippen LogP contribution in [0.2, 0.25) is 30.1 Å². The molecule has 127 heavy (non-hydrogen) atoms. The van der Waals surface area contributed by atoms with Crippen molar-refractivity contribution in [1.29, 1.82) is 0 Å². The standard InChI is InChI=1S/C34H16Cl2N4O8.C34H20Cl2N4O4.C14H7NO5.C6H6Cl2N2.C4H8O/c35-29-27(37-31(41)23-11-5-19(15-25(23)33(37)43)17-1-7-21(8-2-17)39(45)46)13-14-28(30(29)36)38-32(42)24-12-6-20(16-26(24)34(38)44)18-3-9-22(10-4-18)40(47)48;35-29-27(39-31(41)23-11-5-19(15-25(23)33(39)43)17-1-7-21(37)8-2-17)13-14-28(30(29)36)40-32(42)24-12-6-20(16-26(24)34(40)44)18-3-9-22(38)10-4-18;16-13-11-6-3-9(7-12(11)14(17)20-13)8-1-4-10(5-2-8)15(18)19;7-5-3(9)1-2-4(10)6(5)8;1-2-4-5-3-1/h1-16H;1-16H,37-38H2;1-7H;1-2H,9-10H2;1-4H2. The summed E-state index contributed by atoms with van der Waals surface area (Å²) in [6.07, 6.45) is 2.56. The lowest BCUT2D eigenvalue weighted by Crippen LogP contribution is -2.31. The van der Waals surface area contributed by atoms with Gasteiger partial charge in [0, 0.05) is 61.0 Å². The molecular formula is C92H57Cl6N11O18. The quantitative estimate of drug-likeness (QED) is 0.0220. The normalized spacial score (nSPS) is 13.7. The second-order valence-electron chi connectivity index (χ2n) is 28.6. The van der Waals surface area contributed by atoms with Crippen LogP contribution < -0.4 is 42.5 Å². The van der Waals surface area contributed by atoms with Gasteiger partial charge in [-0.05, 0) is 226 Å². The Morgan fingerprint density at radius 2 is 0.465 bits per heavy atom. The molecule has 0 spiro atoms. The number of cyclic esters (lactones) is 2. The van der Waals surface area contributed by atoms with Gasteiger partial charge in [-0.15, -0.1) is 0 Å². The van der Waals surface area contributed by atoms with Gasteiger partial charge in [0.1, 0.15) is 0 Å². The average Bonchev–Trinajstić information content (AvgIpc) is 1.59. The monoisotopic (exact) mass is 1810 g/mol. The van der Waals surface area contributed by atoms with Gasteiger partial charge >= 0.3 is 11.9 Å². The number of nitro benzene ring substituents is 3. The highest BCUT2D eigenvalue weighted by molar-refractivity contribution is 6.51. The molecule has 0 atom stereocenters. The molecule has 6 aliphatic rings. The van der Waals surface area contributed by atoms with Gasteiger partial charge in [-0.3, -0.25) is 68.7 Å². The number of imide groups is 4. The SMILES string of the molecule is C1CCOC1.Nc1ccc(-c2ccc3c(c2)C(=O)N(c2ccc(N4C(=O)c5ccc(-c6ccc(N)cc6)cc5C4=O)c(Cl)c2Cl)C3=O)cc1.Nc1ccc(N)c(Cl)c1Cl.O=C1OC(=O)c2cc(-c3ccc([N+](=O)[O-])cc3)ccc21.O=C1c2ccc(-c3ccc([N+](=O)[O-])cc3)cc2C(=O)N1c1ccc(N2C(=O)c3ccc(-c4ccc([N+](=O)[O-])cc4)cc3C2=O)c(Cl)c1Cl. The minimum absolute atomic E-state index is 0.00972. The van der Waals surface area contributed by atoms with Crippen molar-refractivity contribution in [2.24, 2.45) is 0 Å². The van der Waals surface area contributed by atoms with Crippen molar-refractivity contribution < 1.29 is 72.2 Å². The smallest absolute Gasteiger partial charge is 0.346 e. The number of benzene rings is 13. The second kappa shape index (κ2) is 35.5. The van der Waals surface area contributed by atoms with E-state index in [4.69, 9.17) is 97.3 Å². The molecule has 0 radical (unpaired) electrons. The van der Waals surface area contributed by atoms with E-state index in [0.717, 1.165) is 55.1 Å². The first-order valence-electron chi connectivity index (χ1n) is 37.8. The molecule has 19 rings (SSSR count). The fourth-order valence-corrected chi connectivity index (χ4v) is 15.7. The van der Waals surface area contributed by atoms with Crippen molar-refractivity contribution in [1.82, 2.24) is 0 Å². The molecule has 6 aliphatic heterocycles. The maximum Gasteiger partial charge on any atom is 0.346 e. The lowest BCUT2D eigenvalue weighted by Gasteiger charge is -2.21. The predicted octanol–water partition coefficient (Wildman–Crippen LogP) is 20.4. The molecule has 1 saturated heterocycles. The van der Waals surface area contributed by atoms with Crippen LogP contribution >= 0.6 is 69.6 Å².